The number of carbonyl (C=O) groups excluding carboxylic acids is 1. The standard InChI is InChI=1S/C19H21BrN6O/c1-13(2)12-26(18-16(20)11-22-17(10-21)23-18)25-9-8-24(19(25)27)15-6-4-14(3)5-7-15/h4-7,11,13H,8-9,12H2,1-3H3. The molecule has 0 spiro atoms. The molecule has 0 radical (unpaired) electrons. The molecular formula is C19H21BrN6O. The van der Waals surface area contributed by atoms with Crippen LogP contribution in [0.3, 0.4) is 0 Å². The van der Waals surface area contributed by atoms with Gasteiger partial charge in [0.05, 0.1) is 11.0 Å². The molecule has 2 heterocycles. The Hall–Kier alpha value is -2.66. The van der Waals surface area contributed by atoms with Gasteiger partial charge in [-0.25, -0.2) is 14.8 Å². The number of rotatable bonds is 5. The molecule has 27 heavy (non-hydrogen) atoms. The van der Waals surface area contributed by atoms with Crippen molar-refractivity contribution < 1.29 is 4.79 Å². The number of aryl methyl sites for hydroxylation is 1. The molecule has 140 valence electrons. The highest BCUT2D eigenvalue weighted by Gasteiger charge is 2.35. The van der Waals surface area contributed by atoms with Crippen LogP contribution in [0.25, 0.3) is 0 Å². The van der Waals surface area contributed by atoms with Gasteiger partial charge >= 0.3 is 6.03 Å². The summed E-state index contributed by atoms with van der Waals surface area (Å²) in [5.74, 6) is 0.886. The van der Waals surface area contributed by atoms with Gasteiger partial charge in [0.25, 0.3) is 0 Å². The Morgan fingerprint density at radius 2 is 2.00 bits per heavy atom. The van der Waals surface area contributed by atoms with E-state index in [2.05, 4.69) is 39.7 Å². The fourth-order valence-corrected chi connectivity index (χ4v) is 3.35. The Balaban J connectivity index is 1.93. The van der Waals surface area contributed by atoms with Gasteiger partial charge in [0, 0.05) is 25.0 Å². The number of hydrogen-bond acceptors (Lipinski definition) is 5. The third kappa shape index (κ3) is 4.03. The minimum Gasteiger partial charge on any atom is -0.291 e. The van der Waals surface area contributed by atoms with Crippen molar-refractivity contribution >= 4 is 33.5 Å². The van der Waals surface area contributed by atoms with Crippen LogP contribution in [0, 0.1) is 24.2 Å². The fourth-order valence-electron chi connectivity index (χ4n) is 2.95. The lowest BCUT2D eigenvalue weighted by molar-refractivity contribution is 0.213. The maximum Gasteiger partial charge on any atom is 0.343 e. The molecule has 3 rings (SSSR count). The van der Waals surface area contributed by atoms with Crippen molar-refractivity contribution in [2.45, 2.75) is 20.8 Å². The monoisotopic (exact) mass is 428 g/mol. The van der Waals surface area contributed by atoms with E-state index in [1.165, 1.54) is 0 Å². The maximum atomic E-state index is 13.1. The van der Waals surface area contributed by atoms with E-state index in [4.69, 9.17) is 5.26 Å². The molecule has 8 heteroatoms. The minimum absolute atomic E-state index is 0.0731. The Kier molecular flexibility index (Phi) is 5.61. The van der Waals surface area contributed by atoms with E-state index < -0.39 is 0 Å². The molecule has 1 aliphatic heterocycles. The number of hydrogen-bond donors (Lipinski definition) is 0. The normalized spacial score (nSPS) is 14.0. The minimum atomic E-state index is -0.108. The first-order valence-electron chi connectivity index (χ1n) is 8.76. The molecule has 1 saturated heterocycles. The highest BCUT2D eigenvalue weighted by molar-refractivity contribution is 9.10. The lowest BCUT2D eigenvalue weighted by atomic mass is 10.2. The number of hydrazine groups is 1. The first kappa shape index (κ1) is 19.1. The first-order valence-corrected chi connectivity index (χ1v) is 9.55. The van der Waals surface area contributed by atoms with Crippen molar-refractivity contribution in [3.8, 4) is 6.07 Å². The topological polar surface area (TPSA) is 76.4 Å². The van der Waals surface area contributed by atoms with E-state index in [0.717, 1.165) is 11.3 Å². The molecule has 1 aromatic carbocycles. The fraction of sp³-hybridized carbons (Fsp3) is 0.368. The van der Waals surface area contributed by atoms with Crippen LogP contribution < -0.4 is 9.91 Å². The van der Waals surface area contributed by atoms with Crippen LogP contribution in [0.1, 0.15) is 25.2 Å². The van der Waals surface area contributed by atoms with Gasteiger partial charge in [0.2, 0.25) is 5.82 Å². The second kappa shape index (κ2) is 7.92. The van der Waals surface area contributed by atoms with Crippen LogP contribution in [0.5, 0.6) is 0 Å². The molecule has 0 aliphatic carbocycles. The summed E-state index contributed by atoms with van der Waals surface area (Å²) >= 11 is 3.46. The molecule has 2 amide bonds. The molecule has 0 unspecified atom stereocenters. The Labute approximate surface area is 167 Å². The average molecular weight is 429 g/mol. The molecule has 7 nitrogen and oxygen atoms in total. The number of anilines is 2. The predicted molar refractivity (Wildman–Crippen MR) is 107 cm³/mol. The summed E-state index contributed by atoms with van der Waals surface area (Å²) in [4.78, 5) is 23.2. The number of benzene rings is 1. The summed E-state index contributed by atoms with van der Waals surface area (Å²) in [6, 6.07) is 9.76. The quantitative estimate of drug-likeness (QED) is 0.724. The van der Waals surface area contributed by atoms with Gasteiger partial charge in [0.1, 0.15) is 6.07 Å². The van der Waals surface area contributed by atoms with E-state index in [1.807, 2.05) is 42.3 Å². The Morgan fingerprint density at radius 3 is 2.63 bits per heavy atom. The highest BCUT2D eigenvalue weighted by Crippen LogP contribution is 2.29. The number of aromatic nitrogens is 2. The van der Waals surface area contributed by atoms with Crippen molar-refractivity contribution in [1.82, 2.24) is 15.0 Å². The van der Waals surface area contributed by atoms with Gasteiger partial charge in [0.15, 0.2) is 5.82 Å². The van der Waals surface area contributed by atoms with E-state index in [9.17, 15) is 4.79 Å². The molecule has 1 fully saturated rings. The summed E-state index contributed by atoms with van der Waals surface area (Å²) in [7, 11) is 0. The van der Waals surface area contributed by atoms with E-state index in [-0.39, 0.29) is 11.9 Å². The second-order valence-corrected chi connectivity index (χ2v) is 7.70. The largest absolute Gasteiger partial charge is 0.343 e. The zero-order chi connectivity index (χ0) is 19.6. The molecule has 1 aliphatic rings. The second-order valence-electron chi connectivity index (χ2n) is 6.85. The van der Waals surface area contributed by atoms with Crippen LogP contribution in [0.2, 0.25) is 0 Å². The molecule has 0 saturated carbocycles. The van der Waals surface area contributed by atoms with Crippen molar-refractivity contribution in [2.75, 3.05) is 29.5 Å². The van der Waals surface area contributed by atoms with Gasteiger partial charge < -0.3 is 0 Å². The highest BCUT2D eigenvalue weighted by atomic mass is 79.9. The summed E-state index contributed by atoms with van der Waals surface area (Å²) in [5.41, 5.74) is 2.02. The first-order chi connectivity index (χ1) is 12.9. The molecule has 0 atom stereocenters. The van der Waals surface area contributed by atoms with Crippen LogP contribution >= 0.6 is 15.9 Å². The van der Waals surface area contributed by atoms with E-state index in [1.54, 1.807) is 16.1 Å². The Bertz CT molecular complexity index is 877. The van der Waals surface area contributed by atoms with Gasteiger partial charge in [-0.05, 0) is 40.9 Å². The van der Waals surface area contributed by atoms with Crippen LogP contribution in [0.4, 0.5) is 16.3 Å². The van der Waals surface area contributed by atoms with E-state index >= 15 is 0 Å². The molecule has 0 N–H and O–H groups in total. The molecule has 0 bridgehead atoms. The Morgan fingerprint density at radius 1 is 1.30 bits per heavy atom. The zero-order valence-electron chi connectivity index (χ0n) is 15.6. The summed E-state index contributed by atoms with van der Waals surface area (Å²) in [6.45, 7) is 7.89. The smallest absolute Gasteiger partial charge is 0.291 e. The summed E-state index contributed by atoms with van der Waals surface area (Å²) in [6.07, 6.45) is 1.55. The summed E-state index contributed by atoms with van der Waals surface area (Å²) in [5, 5.41) is 12.7. The average Bonchev–Trinajstić information content (AvgIpc) is 3.02. The number of nitriles is 1. The van der Waals surface area contributed by atoms with Gasteiger partial charge in [-0.2, -0.15) is 10.2 Å². The lowest BCUT2D eigenvalue weighted by Gasteiger charge is -2.34. The van der Waals surface area contributed by atoms with Crippen molar-refractivity contribution in [3.63, 3.8) is 0 Å². The molecule has 2 aromatic rings. The molecule has 1 aromatic heterocycles. The number of urea groups is 1. The van der Waals surface area contributed by atoms with Crippen LogP contribution in [-0.2, 0) is 0 Å². The number of nitrogens with zero attached hydrogens (tertiary/aromatic N) is 6. The van der Waals surface area contributed by atoms with Crippen LogP contribution in [0.15, 0.2) is 34.9 Å². The number of amides is 2. The van der Waals surface area contributed by atoms with Gasteiger partial charge in [-0.1, -0.05) is 31.5 Å². The number of halogens is 1. The van der Waals surface area contributed by atoms with Gasteiger partial charge in [-0.15, -0.1) is 0 Å². The SMILES string of the molecule is Cc1ccc(N2CCN(N(CC(C)C)c3nc(C#N)ncc3Br)C2=O)cc1. The third-order valence-electron chi connectivity index (χ3n) is 4.23. The number of carbonyl (C=O) groups is 1. The third-order valence-corrected chi connectivity index (χ3v) is 4.79. The predicted octanol–water partition coefficient (Wildman–Crippen LogP) is 3.74. The summed E-state index contributed by atoms with van der Waals surface area (Å²) < 4.78 is 0.642. The van der Waals surface area contributed by atoms with Crippen molar-refractivity contribution in [3.05, 3.63) is 46.3 Å². The molecular weight excluding hydrogens is 408 g/mol. The van der Waals surface area contributed by atoms with Crippen molar-refractivity contribution in [1.29, 1.82) is 5.26 Å². The van der Waals surface area contributed by atoms with Crippen LogP contribution in [-0.4, -0.2) is 40.6 Å². The van der Waals surface area contributed by atoms with E-state index in [0.29, 0.717) is 35.8 Å². The maximum absolute atomic E-state index is 13.1. The zero-order valence-corrected chi connectivity index (χ0v) is 17.1. The lowest BCUT2D eigenvalue weighted by Crippen LogP contribution is -2.48. The van der Waals surface area contributed by atoms with Crippen molar-refractivity contribution in [2.24, 2.45) is 5.92 Å². The van der Waals surface area contributed by atoms with Gasteiger partial charge in [-0.3, -0.25) is 9.91 Å².